The maximum Gasteiger partial charge on any atom is 0.336 e. The number of nitrogens with zero attached hydrogens (tertiary/aromatic N) is 2. The van der Waals surface area contributed by atoms with Crippen molar-refractivity contribution in [3.05, 3.63) is 33.4 Å². The van der Waals surface area contributed by atoms with Gasteiger partial charge in [-0.05, 0) is 26.1 Å². The second kappa shape index (κ2) is 7.58. The van der Waals surface area contributed by atoms with Crippen LogP contribution >= 0.6 is 0 Å². The Morgan fingerprint density at radius 3 is 2.48 bits per heavy atom. The first-order chi connectivity index (χ1) is 9.90. The van der Waals surface area contributed by atoms with E-state index < -0.39 is 10.9 Å². The Hall–Kier alpha value is -2.15. The summed E-state index contributed by atoms with van der Waals surface area (Å²) < 4.78 is 5.54. The highest BCUT2D eigenvalue weighted by atomic mass is 16.6. The van der Waals surface area contributed by atoms with Crippen LogP contribution in [0.15, 0.2) is 12.1 Å². The Morgan fingerprint density at radius 2 is 2.00 bits per heavy atom. The van der Waals surface area contributed by atoms with Crippen LogP contribution in [-0.4, -0.2) is 47.1 Å². The van der Waals surface area contributed by atoms with Gasteiger partial charge >= 0.3 is 5.97 Å². The van der Waals surface area contributed by atoms with E-state index in [0.717, 1.165) is 19.2 Å². The lowest BCUT2D eigenvalue weighted by molar-refractivity contribution is -0.385. The molecule has 0 saturated heterocycles. The van der Waals surface area contributed by atoms with Crippen molar-refractivity contribution in [2.75, 3.05) is 26.2 Å². The lowest BCUT2D eigenvalue weighted by Crippen LogP contribution is -2.28. The predicted octanol–water partition coefficient (Wildman–Crippen LogP) is 2.32. The molecular weight excluding hydrogens is 276 g/mol. The van der Waals surface area contributed by atoms with E-state index in [9.17, 15) is 14.9 Å². The summed E-state index contributed by atoms with van der Waals surface area (Å²) in [5.74, 6) is -0.972. The molecular formula is C14H20N2O5. The number of likely N-dealkylation sites (N-methyl/N-ethyl adjacent to an activating group) is 1. The topological polar surface area (TPSA) is 92.9 Å². The second-order valence-corrected chi connectivity index (χ2v) is 4.56. The fraction of sp³-hybridized carbons (Fsp3) is 0.500. The maximum absolute atomic E-state index is 11.0. The molecule has 0 heterocycles. The van der Waals surface area contributed by atoms with Crippen LogP contribution in [0, 0.1) is 17.0 Å². The predicted molar refractivity (Wildman–Crippen MR) is 78.1 cm³/mol. The molecule has 0 bridgehead atoms. The highest BCUT2D eigenvalue weighted by Crippen LogP contribution is 2.29. The van der Waals surface area contributed by atoms with Crippen molar-refractivity contribution in [1.82, 2.24) is 4.90 Å². The fourth-order valence-corrected chi connectivity index (χ4v) is 1.96. The number of benzene rings is 1. The van der Waals surface area contributed by atoms with Crippen molar-refractivity contribution in [2.45, 2.75) is 20.8 Å². The van der Waals surface area contributed by atoms with Crippen molar-refractivity contribution in [3.63, 3.8) is 0 Å². The largest absolute Gasteiger partial charge is 0.492 e. The number of carboxylic acid groups (broad SMARTS) is 1. The quantitative estimate of drug-likeness (QED) is 0.584. The highest BCUT2D eigenvalue weighted by Gasteiger charge is 2.20. The summed E-state index contributed by atoms with van der Waals surface area (Å²) in [4.78, 5) is 23.5. The van der Waals surface area contributed by atoms with E-state index in [1.54, 1.807) is 6.92 Å². The van der Waals surface area contributed by atoms with Gasteiger partial charge in [0, 0.05) is 12.6 Å². The molecule has 0 saturated carbocycles. The van der Waals surface area contributed by atoms with Gasteiger partial charge in [-0.1, -0.05) is 13.8 Å². The minimum atomic E-state index is -1.22. The molecule has 1 aromatic rings. The molecule has 0 aliphatic rings. The number of aromatic carboxylic acids is 1. The smallest absolute Gasteiger partial charge is 0.336 e. The molecule has 21 heavy (non-hydrogen) atoms. The van der Waals surface area contributed by atoms with Gasteiger partial charge in [-0.15, -0.1) is 0 Å². The maximum atomic E-state index is 11.0. The van der Waals surface area contributed by atoms with Crippen LogP contribution in [0.2, 0.25) is 0 Å². The Balaban J connectivity index is 2.95. The summed E-state index contributed by atoms with van der Waals surface area (Å²) in [6.07, 6.45) is 0. The summed E-state index contributed by atoms with van der Waals surface area (Å²) in [5, 5.41) is 20.0. The Labute approximate surface area is 123 Å². The van der Waals surface area contributed by atoms with Gasteiger partial charge in [0.05, 0.1) is 16.1 Å². The highest BCUT2D eigenvalue weighted by molar-refractivity contribution is 5.89. The van der Waals surface area contributed by atoms with Gasteiger partial charge in [-0.2, -0.15) is 0 Å². The number of carbonyl (C=O) groups is 1. The summed E-state index contributed by atoms with van der Waals surface area (Å²) in [7, 11) is 0. The van der Waals surface area contributed by atoms with E-state index in [1.807, 2.05) is 13.8 Å². The van der Waals surface area contributed by atoms with E-state index in [-0.39, 0.29) is 17.0 Å². The number of rotatable bonds is 8. The molecule has 116 valence electrons. The molecule has 0 unspecified atom stereocenters. The summed E-state index contributed by atoms with van der Waals surface area (Å²) in [6.45, 7) is 8.41. The zero-order chi connectivity index (χ0) is 16.0. The van der Waals surface area contributed by atoms with E-state index in [2.05, 4.69) is 4.90 Å². The van der Waals surface area contributed by atoms with E-state index in [4.69, 9.17) is 9.84 Å². The SMILES string of the molecule is CCN(CC)CCOc1cc(C(=O)O)cc([N+](=O)[O-])c1C. The number of ether oxygens (including phenoxy) is 1. The lowest BCUT2D eigenvalue weighted by atomic mass is 10.1. The molecule has 7 heteroatoms. The summed E-state index contributed by atoms with van der Waals surface area (Å²) >= 11 is 0. The zero-order valence-electron chi connectivity index (χ0n) is 12.5. The molecule has 0 amide bonds. The first kappa shape index (κ1) is 16.9. The van der Waals surface area contributed by atoms with Crippen LogP contribution in [0.5, 0.6) is 5.75 Å². The summed E-state index contributed by atoms with van der Waals surface area (Å²) in [5.41, 5.74) is -0.0533. The third-order valence-electron chi connectivity index (χ3n) is 3.34. The minimum Gasteiger partial charge on any atom is -0.492 e. The van der Waals surface area contributed by atoms with Gasteiger partial charge in [0.1, 0.15) is 12.4 Å². The molecule has 0 aliphatic carbocycles. The van der Waals surface area contributed by atoms with Crippen molar-refractivity contribution in [2.24, 2.45) is 0 Å². The average molecular weight is 296 g/mol. The minimum absolute atomic E-state index is 0.148. The standard InChI is InChI=1S/C14H20N2O5/c1-4-15(5-2)6-7-21-13-9-11(14(17)18)8-12(10(13)3)16(19)20/h8-9H,4-7H2,1-3H3,(H,17,18). The van der Waals surface area contributed by atoms with Gasteiger partial charge in [-0.3, -0.25) is 10.1 Å². The third-order valence-corrected chi connectivity index (χ3v) is 3.34. The van der Waals surface area contributed by atoms with Crippen LogP contribution in [0.4, 0.5) is 5.69 Å². The number of hydrogen-bond acceptors (Lipinski definition) is 5. The van der Waals surface area contributed by atoms with Crippen molar-refractivity contribution < 1.29 is 19.6 Å². The Morgan fingerprint density at radius 1 is 1.38 bits per heavy atom. The third kappa shape index (κ3) is 4.42. The van der Waals surface area contributed by atoms with Gasteiger partial charge < -0.3 is 14.7 Å². The number of carboxylic acids is 1. The van der Waals surface area contributed by atoms with E-state index in [1.165, 1.54) is 6.07 Å². The number of nitro benzene ring substituents is 1. The molecule has 0 aliphatic heterocycles. The fourth-order valence-electron chi connectivity index (χ4n) is 1.96. The zero-order valence-corrected chi connectivity index (χ0v) is 12.5. The van der Waals surface area contributed by atoms with Gasteiger partial charge in [0.2, 0.25) is 0 Å². The van der Waals surface area contributed by atoms with Gasteiger partial charge in [0.15, 0.2) is 0 Å². The molecule has 0 spiro atoms. The molecule has 1 aromatic carbocycles. The van der Waals surface area contributed by atoms with Crippen LogP contribution in [-0.2, 0) is 0 Å². The molecule has 0 atom stereocenters. The Kier molecular flexibility index (Phi) is 6.10. The van der Waals surface area contributed by atoms with E-state index >= 15 is 0 Å². The summed E-state index contributed by atoms with van der Waals surface area (Å²) in [6, 6.07) is 2.38. The molecule has 0 aromatic heterocycles. The van der Waals surface area contributed by atoms with Crippen molar-refractivity contribution >= 4 is 11.7 Å². The molecule has 0 fully saturated rings. The average Bonchev–Trinajstić information content (AvgIpc) is 2.44. The molecule has 7 nitrogen and oxygen atoms in total. The normalized spacial score (nSPS) is 10.7. The first-order valence-electron chi connectivity index (χ1n) is 6.78. The number of hydrogen-bond donors (Lipinski definition) is 1. The van der Waals surface area contributed by atoms with Crippen LogP contribution in [0.1, 0.15) is 29.8 Å². The molecule has 1 N–H and O–H groups in total. The molecule has 0 radical (unpaired) electrons. The second-order valence-electron chi connectivity index (χ2n) is 4.56. The lowest BCUT2D eigenvalue weighted by Gasteiger charge is -2.18. The molecule has 1 rings (SSSR count). The van der Waals surface area contributed by atoms with Crippen LogP contribution in [0.25, 0.3) is 0 Å². The van der Waals surface area contributed by atoms with Gasteiger partial charge in [-0.25, -0.2) is 4.79 Å². The van der Waals surface area contributed by atoms with Gasteiger partial charge in [0.25, 0.3) is 5.69 Å². The van der Waals surface area contributed by atoms with Crippen molar-refractivity contribution in [3.8, 4) is 5.75 Å². The van der Waals surface area contributed by atoms with Crippen LogP contribution < -0.4 is 4.74 Å². The number of nitro groups is 1. The van der Waals surface area contributed by atoms with E-state index in [0.29, 0.717) is 18.7 Å². The first-order valence-corrected chi connectivity index (χ1v) is 6.78. The van der Waals surface area contributed by atoms with Crippen LogP contribution in [0.3, 0.4) is 0 Å². The monoisotopic (exact) mass is 296 g/mol. The Bertz CT molecular complexity index is 526. The van der Waals surface area contributed by atoms with Crippen molar-refractivity contribution in [1.29, 1.82) is 0 Å².